The molecule has 0 saturated carbocycles. The molecule has 0 bridgehead atoms. The second kappa shape index (κ2) is 8.57. The van der Waals surface area contributed by atoms with Crippen LogP contribution in [0, 0.1) is 0 Å². The van der Waals surface area contributed by atoms with Crippen molar-refractivity contribution >= 4 is 52.5 Å². The van der Waals surface area contributed by atoms with Crippen LogP contribution in [0.3, 0.4) is 0 Å². The fourth-order valence-electron chi connectivity index (χ4n) is 4.32. The Morgan fingerprint density at radius 2 is 1.67 bits per heavy atom. The number of hydrogen-bond donors (Lipinski definition) is 1. The average Bonchev–Trinajstić information content (AvgIpc) is 3.30. The summed E-state index contributed by atoms with van der Waals surface area (Å²) in [4.78, 5) is 41.5. The minimum atomic E-state index is -1.22. The highest BCUT2D eigenvalue weighted by Crippen LogP contribution is 2.55. The van der Waals surface area contributed by atoms with Gasteiger partial charge in [-0.25, -0.2) is 0 Å². The summed E-state index contributed by atoms with van der Waals surface area (Å²) in [6, 6.07) is 23.8. The van der Waals surface area contributed by atoms with Crippen LogP contribution in [0.4, 0.5) is 11.4 Å². The Labute approximate surface area is 200 Å². The lowest BCUT2D eigenvalue weighted by molar-refractivity contribution is -0.125. The zero-order valence-electron chi connectivity index (χ0n) is 17.5. The van der Waals surface area contributed by atoms with Gasteiger partial charge in [0.25, 0.3) is 5.91 Å². The van der Waals surface area contributed by atoms with E-state index in [0.717, 1.165) is 5.56 Å². The van der Waals surface area contributed by atoms with Gasteiger partial charge in [-0.3, -0.25) is 24.2 Å². The van der Waals surface area contributed by atoms with Gasteiger partial charge in [0, 0.05) is 22.8 Å². The molecule has 1 N–H and O–H groups in total. The number of anilines is 2. The lowest BCUT2D eigenvalue weighted by atomic mass is 10.0. The molecule has 0 radical (unpaired) electrons. The molecule has 2 heterocycles. The summed E-state index contributed by atoms with van der Waals surface area (Å²) in [6.45, 7) is 0.107. The van der Waals surface area contributed by atoms with Crippen molar-refractivity contribution in [2.45, 2.75) is 11.4 Å². The van der Waals surface area contributed by atoms with Crippen LogP contribution in [0.15, 0.2) is 78.9 Å². The van der Waals surface area contributed by atoms with Crippen LogP contribution < -0.4 is 15.1 Å². The van der Waals surface area contributed by atoms with Crippen molar-refractivity contribution < 1.29 is 14.4 Å². The SMILES string of the molecule is O=C(CN1C(=O)C2(SCC(=O)N2c2ccccc2)c2ccccc21)NCc1ccccc1Cl. The van der Waals surface area contributed by atoms with Gasteiger partial charge in [-0.2, -0.15) is 0 Å². The smallest absolute Gasteiger partial charge is 0.269 e. The van der Waals surface area contributed by atoms with Crippen LogP contribution in [-0.2, 0) is 25.8 Å². The van der Waals surface area contributed by atoms with Gasteiger partial charge in [-0.15, -0.1) is 11.8 Å². The lowest BCUT2D eigenvalue weighted by Crippen LogP contribution is -2.51. The molecule has 2 aliphatic heterocycles. The van der Waals surface area contributed by atoms with E-state index in [2.05, 4.69) is 5.32 Å². The van der Waals surface area contributed by atoms with Crippen LogP contribution in [0.5, 0.6) is 0 Å². The molecule has 5 rings (SSSR count). The number of halogens is 1. The van der Waals surface area contributed by atoms with Gasteiger partial charge in [0.05, 0.1) is 11.4 Å². The molecule has 1 spiro atoms. The van der Waals surface area contributed by atoms with Gasteiger partial charge in [-0.05, 0) is 29.8 Å². The molecule has 1 fully saturated rings. The van der Waals surface area contributed by atoms with E-state index in [1.165, 1.54) is 16.7 Å². The summed E-state index contributed by atoms with van der Waals surface area (Å²) in [5.74, 6) is -0.562. The number of carbonyl (C=O) groups is 3. The summed E-state index contributed by atoms with van der Waals surface area (Å²) in [6.07, 6.45) is 0. The van der Waals surface area contributed by atoms with Crippen LogP contribution in [0.2, 0.25) is 5.02 Å². The molecule has 3 aromatic carbocycles. The highest BCUT2D eigenvalue weighted by molar-refractivity contribution is 8.02. The normalized spacial score (nSPS) is 19.3. The fourth-order valence-corrected chi connectivity index (χ4v) is 5.89. The Bertz CT molecular complexity index is 1250. The Hall–Kier alpha value is -3.29. The zero-order chi connectivity index (χ0) is 23.0. The molecule has 1 saturated heterocycles. The van der Waals surface area contributed by atoms with Gasteiger partial charge >= 0.3 is 0 Å². The van der Waals surface area contributed by atoms with E-state index >= 15 is 0 Å². The minimum absolute atomic E-state index is 0.139. The summed E-state index contributed by atoms with van der Waals surface area (Å²) in [5.41, 5.74) is 2.80. The van der Waals surface area contributed by atoms with E-state index in [9.17, 15) is 14.4 Å². The van der Waals surface area contributed by atoms with Crippen LogP contribution in [0.25, 0.3) is 0 Å². The molecule has 3 aromatic rings. The first-order valence-corrected chi connectivity index (χ1v) is 11.8. The summed E-state index contributed by atoms with van der Waals surface area (Å²) in [5, 5.41) is 3.41. The molecular formula is C25H20ClN3O3S. The fraction of sp³-hybridized carbons (Fsp3) is 0.160. The van der Waals surface area contributed by atoms with Crippen molar-refractivity contribution in [3.05, 3.63) is 95.0 Å². The number of nitrogens with zero attached hydrogens (tertiary/aromatic N) is 2. The monoisotopic (exact) mass is 477 g/mol. The van der Waals surface area contributed by atoms with Crippen molar-refractivity contribution in [3.63, 3.8) is 0 Å². The maximum atomic E-state index is 13.9. The van der Waals surface area contributed by atoms with Gasteiger partial charge in [-0.1, -0.05) is 66.2 Å². The first kappa shape index (κ1) is 21.6. The molecule has 33 heavy (non-hydrogen) atoms. The summed E-state index contributed by atoms with van der Waals surface area (Å²) < 4.78 is 0. The Morgan fingerprint density at radius 3 is 2.45 bits per heavy atom. The van der Waals surface area contributed by atoms with Crippen molar-refractivity contribution in [3.8, 4) is 0 Å². The maximum absolute atomic E-state index is 13.9. The third-order valence-corrected chi connectivity index (χ3v) is 7.57. The van der Waals surface area contributed by atoms with Crippen molar-refractivity contribution in [2.75, 3.05) is 22.1 Å². The van der Waals surface area contributed by atoms with E-state index in [4.69, 9.17) is 11.6 Å². The first-order chi connectivity index (χ1) is 16.0. The second-order valence-corrected chi connectivity index (χ2v) is 9.35. The highest BCUT2D eigenvalue weighted by atomic mass is 35.5. The van der Waals surface area contributed by atoms with Gasteiger partial charge in [0.2, 0.25) is 16.7 Å². The first-order valence-electron chi connectivity index (χ1n) is 10.5. The van der Waals surface area contributed by atoms with Gasteiger partial charge < -0.3 is 5.32 Å². The third kappa shape index (κ3) is 3.57. The predicted octanol–water partition coefficient (Wildman–Crippen LogP) is 3.94. The van der Waals surface area contributed by atoms with Gasteiger partial charge in [0.1, 0.15) is 6.54 Å². The largest absolute Gasteiger partial charge is 0.350 e. The topological polar surface area (TPSA) is 69.7 Å². The number of para-hydroxylation sites is 2. The highest BCUT2D eigenvalue weighted by Gasteiger charge is 2.61. The average molecular weight is 478 g/mol. The summed E-state index contributed by atoms with van der Waals surface area (Å²) >= 11 is 7.48. The van der Waals surface area contributed by atoms with Crippen molar-refractivity contribution in [2.24, 2.45) is 0 Å². The van der Waals surface area contributed by atoms with E-state index in [0.29, 0.717) is 22.0 Å². The minimum Gasteiger partial charge on any atom is -0.350 e. The van der Waals surface area contributed by atoms with Crippen LogP contribution in [-0.4, -0.2) is 30.0 Å². The molecule has 0 aliphatic carbocycles. The number of hydrogen-bond acceptors (Lipinski definition) is 4. The molecule has 1 atom stereocenters. The predicted molar refractivity (Wildman–Crippen MR) is 130 cm³/mol. The quantitative estimate of drug-likeness (QED) is 0.604. The van der Waals surface area contributed by atoms with E-state index in [1.807, 2.05) is 72.8 Å². The standard InChI is InChI=1S/C25H20ClN3O3S/c26-20-12-6-4-8-17(20)14-27-22(30)15-28-21-13-7-5-11-19(21)25(24(28)32)29(23(31)16-33-25)18-9-2-1-3-10-18/h1-13H,14-16H2,(H,27,30). The van der Waals surface area contributed by atoms with Crippen LogP contribution >= 0.6 is 23.4 Å². The maximum Gasteiger partial charge on any atom is 0.269 e. The van der Waals surface area contributed by atoms with Gasteiger partial charge in [0.15, 0.2) is 0 Å². The third-order valence-electron chi connectivity index (χ3n) is 5.81. The Kier molecular flexibility index (Phi) is 5.60. The van der Waals surface area contributed by atoms with Crippen LogP contribution in [0.1, 0.15) is 11.1 Å². The summed E-state index contributed by atoms with van der Waals surface area (Å²) in [7, 11) is 0. The number of nitrogens with one attached hydrogen (secondary N) is 1. The Balaban J connectivity index is 1.45. The number of amides is 3. The number of rotatable bonds is 5. The molecule has 166 valence electrons. The Morgan fingerprint density at radius 1 is 0.970 bits per heavy atom. The molecule has 6 nitrogen and oxygen atoms in total. The van der Waals surface area contributed by atoms with Crippen molar-refractivity contribution in [1.82, 2.24) is 5.32 Å². The number of fused-ring (bicyclic) bond motifs is 2. The molecule has 0 aromatic heterocycles. The van der Waals surface area contributed by atoms with E-state index in [-0.39, 0.29) is 36.6 Å². The second-order valence-electron chi connectivity index (χ2n) is 7.77. The van der Waals surface area contributed by atoms with Crippen molar-refractivity contribution in [1.29, 1.82) is 0 Å². The lowest BCUT2D eigenvalue weighted by Gasteiger charge is -2.33. The molecule has 8 heteroatoms. The molecule has 2 aliphatic rings. The van der Waals surface area contributed by atoms with E-state index in [1.54, 1.807) is 11.0 Å². The molecule has 1 unspecified atom stereocenters. The number of benzene rings is 3. The zero-order valence-corrected chi connectivity index (χ0v) is 19.1. The number of thioether (sulfide) groups is 1. The number of carbonyl (C=O) groups excluding carboxylic acids is 3. The van der Waals surface area contributed by atoms with E-state index < -0.39 is 4.87 Å². The molecule has 3 amide bonds. The molecular weight excluding hydrogens is 458 g/mol.